The predicted octanol–water partition coefficient (Wildman–Crippen LogP) is 2.05. The van der Waals surface area contributed by atoms with Crippen molar-refractivity contribution in [1.29, 1.82) is 0 Å². The average molecular weight is 491 g/mol. The topological polar surface area (TPSA) is 103 Å². The van der Waals surface area contributed by atoms with Crippen molar-refractivity contribution in [2.75, 3.05) is 31.5 Å². The number of aromatic nitrogens is 2. The first-order chi connectivity index (χ1) is 17.4. The van der Waals surface area contributed by atoms with Crippen LogP contribution in [0, 0.1) is 0 Å². The minimum Gasteiger partial charge on any atom is -0.456 e. The molecule has 2 heterocycles. The highest BCUT2D eigenvalue weighted by molar-refractivity contribution is 6.11. The maximum atomic E-state index is 13.3. The van der Waals surface area contributed by atoms with Gasteiger partial charge in [-0.05, 0) is 38.1 Å². The van der Waals surface area contributed by atoms with E-state index in [1.165, 1.54) is 18.7 Å². The van der Waals surface area contributed by atoms with Gasteiger partial charge in [0.2, 0.25) is 5.78 Å². The lowest BCUT2D eigenvalue weighted by molar-refractivity contribution is 0.0255. The molecule has 0 spiro atoms. The van der Waals surface area contributed by atoms with Crippen LogP contribution in [0.1, 0.15) is 39.1 Å². The fourth-order valence-corrected chi connectivity index (χ4v) is 4.39. The number of ketones is 1. The van der Waals surface area contributed by atoms with Gasteiger partial charge in [0.1, 0.15) is 17.5 Å². The van der Waals surface area contributed by atoms with E-state index in [2.05, 4.69) is 10.2 Å². The Balaban J connectivity index is 1.64. The van der Waals surface area contributed by atoms with Gasteiger partial charge in [-0.15, -0.1) is 0 Å². The summed E-state index contributed by atoms with van der Waals surface area (Å²) in [5, 5.41) is 3.10. The molecular formula is C27H30N4O5. The third-order valence-electron chi connectivity index (χ3n) is 6.37. The third kappa shape index (κ3) is 5.46. The summed E-state index contributed by atoms with van der Waals surface area (Å²) < 4.78 is 7.99. The van der Waals surface area contributed by atoms with E-state index in [0.29, 0.717) is 17.7 Å². The predicted molar refractivity (Wildman–Crippen MR) is 137 cm³/mol. The van der Waals surface area contributed by atoms with Crippen LogP contribution in [-0.4, -0.2) is 58.1 Å². The number of carbonyl (C=O) groups excluding carboxylic acids is 2. The van der Waals surface area contributed by atoms with Gasteiger partial charge in [0, 0.05) is 26.2 Å². The Morgan fingerprint density at radius 3 is 2.08 bits per heavy atom. The van der Waals surface area contributed by atoms with Gasteiger partial charge in [0.25, 0.3) is 5.56 Å². The molecule has 1 atom stereocenters. The van der Waals surface area contributed by atoms with Crippen molar-refractivity contribution in [1.82, 2.24) is 14.0 Å². The molecule has 1 fully saturated rings. The number of nitrogens with one attached hydrogen (secondary N) is 1. The first kappa shape index (κ1) is 25.1. The van der Waals surface area contributed by atoms with Crippen LogP contribution in [0.4, 0.5) is 5.82 Å². The highest BCUT2D eigenvalue weighted by atomic mass is 16.5. The van der Waals surface area contributed by atoms with E-state index in [9.17, 15) is 19.2 Å². The molecule has 4 rings (SSSR count). The van der Waals surface area contributed by atoms with Crippen LogP contribution in [0.5, 0.6) is 0 Å². The second-order valence-corrected chi connectivity index (χ2v) is 8.91. The van der Waals surface area contributed by atoms with E-state index in [1.807, 2.05) is 6.07 Å². The Hall–Kier alpha value is -3.98. The highest BCUT2D eigenvalue weighted by Crippen LogP contribution is 2.16. The normalized spacial score (nSPS) is 14.4. The fourth-order valence-electron chi connectivity index (χ4n) is 4.39. The number of carbonyl (C=O) groups is 2. The molecule has 1 N–H and O–H groups in total. The second-order valence-electron chi connectivity index (χ2n) is 8.91. The minimum atomic E-state index is -0.688. The lowest BCUT2D eigenvalue weighted by Gasteiger charge is -2.25. The number of likely N-dealkylation sites (tertiary alicyclic amines) is 1. The molecule has 1 unspecified atom stereocenters. The molecule has 1 saturated heterocycles. The highest BCUT2D eigenvalue weighted by Gasteiger charge is 2.26. The van der Waals surface area contributed by atoms with E-state index in [1.54, 1.807) is 54.6 Å². The van der Waals surface area contributed by atoms with E-state index in [-0.39, 0.29) is 17.9 Å². The van der Waals surface area contributed by atoms with Crippen LogP contribution in [0.3, 0.4) is 0 Å². The quantitative estimate of drug-likeness (QED) is 0.362. The summed E-state index contributed by atoms with van der Waals surface area (Å²) in [5.41, 5.74) is -0.623. The molecule has 0 radical (unpaired) electrons. The smallest absolute Gasteiger partial charge is 0.338 e. The number of esters is 1. The molecule has 0 aliphatic carbocycles. The summed E-state index contributed by atoms with van der Waals surface area (Å²) in [6.07, 6.45) is 1.58. The number of rotatable bonds is 9. The van der Waals surface area contributed by atoms with Gasteiger partial charge in [-0.1, -0.05) is 48.5 Å². The Morgan fingerprint density at radius 2 is 1.47 bits per heavy atom. The molecule has 1 aliphatic rings. The van der Waals surface area contributed by atoms with Gasteiger partial charge in [-0.25, -0.2) is 9.59 Å². The van der Waals surface area contributed by atoms with Crippen molar-refractivity contribution in [2.24, 2.45) is 14.1 Å². The van der Waals surface area contributed by atoms with Crippen LogP contribution in [0.25, 0.3) is 0 Å². The van der Waals surface area contributed by atoms with Gasteiger partial charge >= 0.3 is 11.7 Å². The van der Waals surface area contributed by atoms with Crippen LogP contribution in [0.2, 0.25) is 0 Å². The Morgan fingerprint density at radius 1 is 0.889 bits per heavy atom. The van der Waals surface area contributed by atoms with Crippen molar-refractivity contribution in [3.63, 3.8) is 0 Å². The van der Waals surface area contributed by atoms with E-state index in [0.717, 1.165) is 30.5 Å². The molecule has 0 saturated carbocycles. The van der Waals surface area contributed by atoms with Gasteiger partial charge < -0.3 is 10.1 Å². The number of benzene rings is 2. The Bertz CT molecular complexity index is 1340. The van der Waals surface area contributed by atoms with Crippen molar-refractivity contribution < 1.29 is 14.3 Å². The van der Waals surface area contributed by atoms with Gasteiger partial charge in [-0.2, -0.15) is 0 Å². The van der Waals surface area contributed by atoms with E-state index >= 15 is 0 Å². The first-order valence-corrected chi connectivity index (χ1v) is 12.0. The summed E-state index contributed by atoms with van der Waals surface area (Å²) >= 11 is 0. The van der Waals surface area contributed by atoms with Crippen molar-refractivity contribution in [2.45, 2.75) is 18.9 Å². The summed E-state index contributed by atoms with van der Waals surface area (Å²) in [7, 11) is 2.84. The average Bonchev–Trinajstić information content (AvgIpc) is 3.42. The molecular weight excluding hydrogens is 460 g/mol. The maximum absolute atomic E-state index is 13.3. The van der Waals surface area contributed by atoms with Crippen LogP contribution < -0.4 is 16.6 Å². The zero-order valence-electron chi connectivity index (χ0n) is 20.5. The van der Waals surface area contributed by atoms with Gasteiger partial charge in [0.05, 0.1) is 12.1 Å². The molecule has 0 bridgehead atoms. The second kappa shape index (κ2) is 11.2. The molecule has 1 aromatic heterocycles. The van der Waals surface area contributed by atoms with Crippen LogP contribution in [0.15, 0.2) is 70.3 Å². The molecule has 188 valence electrons. The number of nitrogens with zero attached hydrogens (tertiary/aromatic N) is 3. The van der Waals surface area contributed by atoms with E-state index < -0.39 is 29.1 Å². The van der Waals surface area contributed by atoms with Crippen molar-refractivity contribution in [3.8, 4) is 0 Å². The molecule has 36 heavy (non-hydrogen) atoms. The summed E-state index contributed by atoms with van der Waals surface area (Å²) in [5.74, 6) is -0.856. The molecule has 2 aromatic carbocycles. The number of ether oxygens (including phenoxy) is 1. The molecule has 9 heteroatoms. The Labute approximate surface area is 208 Å². The Kier molecular flexibility index (Phi) is 7.80. The summed E-state index contributed by atoms with van der Waals surface area (Å²) in [4.78, 5) is 54.1. The van der Waals surface area contributed by atoms with Crippen LogP contribution >= 0.6 is 0 Å². The number of hydrogen-bond acceptors (Lipinski definition) is 7. The molecule has 9 nitrogen and oxygen atoms in total. The van der Waals surface area contributed by atoms with Crippen LogP contribution in [-0.2, 0) is 18.8 Å². The van der Waals surface area contributed by atoms with Gasteiger partial charge in [0.15, 0.2) is 0 Å². The number of anilines is 1. The zero-order chi connectivity index (χ0) is 25.7. The van der Waals surface area contributed by atoms with Gasteiger partial charge in [-0.3, -0.25) is 23.6 Å². The van der Waals surface area contributed by atoms with Crippen molar-refractivity contribution in [3.05, 3.63) is 98.2 Å². The number of hydrogen-bond donors (Lipinski definition) is 1. The lowest BCUT2D eigenvalue weighted by Crippen LogP contribution is -2.43. The maximum Gasteiger partial charge on any atom is 0.338 e. The lowest BCUT2D eigenvalue weighted by atomic mass is 10.0. The monoisotopic (exact) mass is 490 g/mol. The molecule has 1 aliphatic heterocycles. The first-order valence-electron chi connectivity index (χ1n) is 12.0. The minimum absolute atomic E-state index is 0.0964. The third-order valence-corrected chi connectivity index (χ3v) is 6.37. The standard InChI is InChI=1S/C27H30N4O5/c1-29-24(22(25(33)30(2)27(29)35)23(32)19-11-5-3-6-12-19)28-17-21(18-31-15-9-10-16-31)36-26(34)20-13-7-4-8-14-20/h3-8,11-14,21,28H,9-10,15-18H2,1-2H3. The largest absolute Gasteiger partial charge is 0.456 e. The SMILES string of the molecule is Cn1c(NCC(CN2CCCC2)OC(=O)c2ccccc2)c(C(=O)c2ccccc2)c(=O)n(C)c1=O. The summed E-state index contributed by atoms with van der Waals surface area (Å²) in [6, 6.07) is 17.2. The molecule has 0 amide bonds. The summed E-state index contributed by atoms with van der Waals surface area (Å²) in [6.45, 7) is 2.42. The zero-order valence-corrected chi connectivity index (χ0v) is 20.5. The molecule has 3 aromatic rings. The fraction of sp³-hybridized carbons (Fsp3) is 0.333. The van der Waals surface area contributed by atoms with E-state index in [4.69, 9.17) is 4.74 Å². The van der Waals surface area contributed by atoms with Crippen molar-refractivity contribution >= 4 is 17.6 Å².